The molecule has 0 heterocycles. The maximum atomic E-state index is 13.0. The van der Waals surface area contributed by atoms with Crippen LogP contribution in [0.15, 0.2) is 48.5 Å². The van der Waals surface area contributed by atoms with Gasteiger partial charge in [-0.25, -0.2) is 4.39 Å². The number of halogens is 2. The third-order valence-corrected chi connectivity index (χ3v) is 3.67. The largest absolute Gasteiger partial charge is 0.345 e. The fourth-order valence-electron chi connectivity index (χ4n) is 2.20. The first-order chi connectivity index (χ1) is 11.5. The number of alkyl halides is 1. The van der Waals surface area contributed by atoms with Gasteiger partial charge in [-0.3, -0.25) is 9.59 Å². The number of hydrogen-bond acceptors (Lipinski definition) is 2. The number of rotatable bonds is 6. The Kier molecular flexibility index (Phi) is 6.32. The molecular formula is C18H18ClFN2O2. The Morgan fingerprint density at radius 3 is 2.46 bits per heavy atom. The van der Waals surface area contributed by atoms with Gasteiger partial charge in [-0.05, 0) is 36.8 Å². The smallest absolute Gasteiger partial charge is 0.253 e. The maximum absolute atomic E-state index is 13.0. The van der Waals surface area contributed by atoms with E-state index in [-0.39, 0.29) is 36.0 Å². The lowest BCUT2D eigenvalue weighted by atomic mass is 10.1. The molecule has 0 aliphatic rings. The molecule has 1 atom stereocenters. The summed E-state index contributed by atoms with van der Waals surface area (Å²) in [5.41, 5.74) is 1.57. The van der Waals surface area contributed by atoms with Crippen LogP contribution in [0, 0.1) is 5.82 Å². The van der Waals surface area contributed by atoms with Crippen LogP contribution in [0.4, 0.5) is 10.1 Å². The van der Waals surface area contributed by atoms with E-state index >= 15 is 0 Å². The third-order valence-electron chi connectivity index (χ3n) is 3.48. The van der Waals surface area contributed by atoms with E-state index < -0.39 is 0 Å². The normalized spacial score (nSPS) is 11.6. The third kappa shape index (κ3) is 4.80. The summed E-state index contributed by atoms with van der Waals surface area (Å²) in [7, 11) is 0. The standard InChI is InChI=1S/C18H18ClFN2O2/c1-12(13-6-8-14(20)9-7-13)21-18(24)15-4-2-3-5-16(15)22-17(23)10-11-19/h2-9,12H,10-11H2,1H3,(H,21,24)(H,22,23). The van der Waals surface area contributed by atoms with Gasteiger partial charge in [0.25, 0.3) is 5.91 Å². The predicted octanol–water partition coefficient (Wildman–Crippen LogP) is 3.88. The lowest BCUT2D eigenvalue weighted by molar-refractivity contribution is -0.115. The van der Waals surface area contributed by atoms with Crippen molar-refractivity contribution >= 4 is 29.1 Å². The molecule has 2 N–H and O–H groups in total. The van der Waals surface area contributed by atoms with Gasteiger partial charge in [-0.15, -0.1) is 11.6 Å². The van der Waals surface area contributed by atoms with Gasteiger partial charge in [0.1, 0.15) is 5.82 Å². The number of para-hydroxylation sites is 1. The zero-order valence-corrected chi connectivity index (χ0v) is 13.9. The topological polar surface area (TPSA) is 58.2 Å². The first-order valence-corrected chi connectivity index (χ1v) is 8.06. The first-order valence-electron chi connectivity index (χ1n) is 7.52. The molecule has 2 aromatic carbocycles. The van der Waals surface area contributed by atoms with Gasteiger partial charge in [0.2, 0.25) is 5.91 Å². The van der Waals surface area contributed by atoms with Crippen LogP contribution in [0.25, 0.3) is 0 Å². The van der Waals surface area contributed by atoms with Gasteiger partial charge in [0.05, 0.1) is 17.3 Å². The van der Waals surface area contributed by atoms with Crippen LogP contribution in [-0.2, 0) is 4.79 Å². The summed E-state index contributed by atoms with van der Waals surface area (Å²) < 4.78 is 13.0. The molecule has 4 nitrogen and oxygen atoms in total. The van der Waals surface area contributed by atoms with Crippen molar-refractivity contribution in [2.75, 3.05) is 11.2 Å². The van der Waals surface area contributed by atoms with Crippen molar-refractivity contribution in [2.45, 2.75) is 19.4 Å². The van der Waals surface area contributed by atoms with E-state index in [0.29, 0.717) is 11.3 Å². The minimum atomic E-state index is -0.329. The molecule has 6 heteroatoms. The second-order valence-electron chi connectivity index (χ2n) is 5.28. The van der Waals surface area contributed by atoms with E-state index in [2.05, 4.69) is 10.6 Å². The summed E-state index contributed by atoms with van der Waals surface area (Å²) in [5, 5.41) is 5.52. The molecule has 0 radical (unpaired) electrons. The monoisotopic (exact) mass is 348 g/mol. The molecule has 0 aliphatic carbocycles. The fourth-order valence-corrected chi connectivity index (χ4v) is 2.37. The van der Waals surface area contributed by atoms with Crippen LogP contribution in [0.5, 0.6) is 0 Å². The number of carbonyl (C=O) groups is 2. The number of nitrogens with one attached hydrogen (secondary N) is 2. The molecule has 0 aliphatic heterocycles. The highest BCUT2D eigenvalue weighted by atomic mass is 35.5. The second-order valence-corrected chi connectivity index (χ2v) is 5.66. The number of hydrogen-bond donors (Lipinski definition) is 2. The summed E-state index contributed by atoms with van der Waals surface area (Å²) in [4.78, 5) is 24.2. The second kappa shape index (κ2) is 8.45. The van der Waals surface area contributed by atoms with Crippen molar-refractivity contribution < 1.29 is 14.0 Å². The van der Waals surface area contributed by atoms with Crippen LogP contribution in [0.2, 0.25) is 0 Å². The number of amides is 2. The summed E-state index contributed by atoms with van der Waals surface area (Å²) in [6.07, 6.45) is 0.170. The van der Waals surface area contributed by atoms with Gasteiger partial charge in [-0.1, -0.05) is 24.3 Å². The Hall–Kier alpha value is -2.40. The Balaban J connectivity index is 2.11. The Labute approximate surface area is 145 Å². The van der Waals surface area contributed by atoms with Crippen molar-refractivity contribution in [2.24, 2.45) is 0 Å². The highest BCUT2D eigenvalue weighted by molar-refractivity contribution is 6.19. The molecule has 1 unspecified atom stereocenters. The number of anilines is 1. The first kappa shape index (κ1) is 17.9. The lowest BCUT2D eigenvalue weighted by Gasteiger charge is -2.16. The van der Waals surface area contributed by atoms with E-state index in [0.717, 1.165) is 5.56 Å². The van der Waals surface area contributed by atoms with Crippen LogP contribution in [-0.4, -0.2) is 17.7 Å². The SMILES string of the molecule is CC(NC(=O)c1ccccc1NC(=O)CCCl)c1ccc(F)cc1. The van der Waals surface area contributed by atoms with E-state index in [1.54, 1.807) is 43.3 Å². The lowest BCUT2D eigenvalue weighted by Crippen LogP contribution is -2.28. The van der Waals surface area contributed by atoms with E-state index in [4.69, 9.17) is 11.6 Å². The van der Waals surface area contributed by atoms with Crippen molar-refractivity contribution in [3.8, 4) is 0 Å². The fraction of sp³-hybridized carbons (Fsp3) is 0.222. The quantitative estimate of drug-likeness (QED) is 0.778. The molecule has 2 aromatic rings. The molecule has 2 amide bonds. The van der Waals surface area contributed by atoms with Gasteiger partial charge >= 0.3 is 0 Å². The molecule has 24 heavy (non-hydrogen) atoms. The maximum Gasteiger partial charge on any atom is 0.253 e. The van der Waals surface area contributed by atoms with Gasteiger partial charge in [-0.2, -0.15) is 0 Å². The van der Waals surface area contributed by atoms with Crippen LogP contribution >= 0.6 is 11.6 Å². The summed E-state index contributed by atoms with van der Waals surface area (Å²) in [6, 6.07) is 12.4. The molecule has 0 saturated carbocycles. The molecule has 0 saturated heterocycles. The van der Waals surface area contributed by atoms with E-state index in [1.807, 2.05) is 0 Å². The highest BCUT2D eigenvalue weighted by Gasteiger charge is 2.16. The summed E-state index contributed by atoms with van der Waals surface area (Å²) in [5.74, 6) is -0.697. The Morgan fingerprint density at radius 2 is 1.79 bits per heavy atom. The highest BCUT2D eigenvalue weighted by Crippen LogP contribution is 2.18. The van der Waals surface area contributed by atoms with Crippen molar-refractivity contribution in [1.82, 2.24) is 5.32 Å². The average molecular weight is 349 g/mol. The number of carbonyl (C=O) groups excluding carboxylic acids is 2. The molecular weight excluding hydrogens is 331 g/mol. The zero-order valence-electron chi connectivity index (χ0n) is 13.2. The van der Waals surface area contributed by atoms with Gasteiger partial charge in [0.15, 0.2) is 0 Å². The number of benzene rings is 2. The minimum Gasteiger partial charge on any atom is -0.345 e. The molecule has 0 bridgehead atoms. The van der Waals surface area contributed by atoms with E-state index in [1.165, 1.54) is 12.1 Å². The minimum absolute atomic E-state index is 0.170. The molecule has 2 rings (SSSR count). The average Bonchev–Trinajstić information content (AvgIpc) is 2.56. The molecule has 0 spiro atoms. The van der Waals surface area contributed by atoms with Crippen LogP contribution < -0.4 is 10.6 Å². The van der Waals surface area contributed by atoms with Gasteiger partial charge in [0, 0.05) is 12.3 Å². The predicted molar refractivity (Wildman–Crippen MR) is 92.7 cm³/mol. The molecule has 0 fully saturated rings. The summed E-state index contributed by atoms with van der Waals surface area (Å²) in [6.45, 7) is 1.81. The van der Waals surface area contributed by atoms with Gasteiger partial charge < -0.3 is 10.6 Å². The zero-order chi connectivity index (χ0) is 17.5. The molecule has 0 aromatic heterocycles. The summed E-state index contributed by atoms with van der Waals surface area (Å²) >= 11 is 5.55. The van der Waals surface area contributed by atoms with Crippen molar-refractivity contribution in [3.63, 3.8) is 0 Å². The van der Waals surface area contributed by atoms with E-state index in [9.17, 15) is 14.0 Å². The van der Waals surface area contributed by atoms with Crippen LogP contribution in [0.3, 0.4) is 0 Å². The van der Waals surface area contributed by atoms with Crippen LogP contribution in [0.1, 0.15) is 35.3 Å². The Morgan fingerprint density at radius 1 is 1.12 bits per heavy atom. The Bertz CT molecular complexity index is 719. The van der Waals surface area contributed by atoms with Crippen molar-refractivity contribution in [1.29, 1.82) is 0 Å². The van der Waals surface area contributed by atoms with Crippen molar-refractivity contribution in [3.05, 3.63) is 65.5 Å². The molecule has 126 valence electrons.